The highest BCUT2D eigenvalue weighted by Crippen LogP contribution is 2.19. The van der Waals surface area contributed by atoms with E-state index in [2.05, 4.69) is 15.3 Å². The van der Waals surface area contributed by atoms with Gasteiger partial charge < -0.3 is 5.32 Å². The number of hydrogen-bond donors (Lipinski definition) is 1. The van der Waals surface area contributed by atoms with Crippen LogP contribution in [0.1, 0.15) is 15.9 Å². The normalized spacial score (nSPS) is 10.2. The van der Waals surface area contributed by atoms with Crippen molar-refractivity contribution in [2.24, 2.45) is 0 Å². The number of pyridine rings is 2. The zero-order chi connectivity index (χ0) is 15.4. The summed E-state index contributed by atoms with van der Waals surface area (Å²) in [5, 5.41) is 2.83. The third kappa shape index (κ3) is 3.17. The molecule has 1 aromatic carbocycles. The Balaban J connectivity index is 1.78. The molecule has 108 valence electrons. The summed E-state index contributed by atoms with van der Waals surface area (Å²) in [5.41, 5.74) is 4.38. The lowest BCUT2D eigenvalue weighted by Crippen LogP contribution is -2.11. The Morgan fingerprint density at radius 3 is 2.36 bits per heavy atom. The van der Waals surface area contributed by atoms with E-state index >= 15 is 0 Å². The Morgan fingerprint density at radius 2 is 1.68 bits per heavy atom. The maximum atomic E-state index is 12.2. The lowest BCUT2D eigenvalue weighted by atomic mass is 10.1. The van der Waals surface area contributed by atoms with Crippen LogP contribution in [0.15, 0.2) is 67.1 Å². The molecule has 3 aromatic rings. The van der Waals surface area contributed by atoms with Crippen molar-refractivity contribution in [3.63, 3.8) is 0 Å². The molecule has 2 aromatic heterocycles. The van der Waals surface area contributed by atoms with Crippen LogP contribution in [-0.2, 0) is 0 Å². The standard InChI is InChI=1S/C18H15N3O/c1-13-6-11-20-17(12-13)14-2-4-15(5-3-14)18(22)21-16-7-9-19-10-8-16/h2-12H,1H3,(H,19,21,22). The molecule has 2 heterocycles. The van der Waals surface area contributed by atoms with Gasteiger partial charge in [-0.1, -0.05) is 12.1 Å². The van der Waals surface area contributed by atoms with Crippen molar-refractivity contribution in [1.29, 1.82) is 0 Å². The number of amides is 1. The molecule has 0 aliphatic carbocycles. The molecule has 0 bridgehead atoms. The second-order valence-electron chi connectivity index (χ2n) is 4.99. The van der Waals surface area contributed by atoms with Crippen LogP contribution >= 0.6 is 0 Å². The van der Waals surface area contributed by atoms with Gasteiger partial charge in [-0.2, -0.15) is 0 Å². The zero-order valence-corrected chi connectivity index (χ0v) is 12.2. The van der Waals surface area contributed by atoms with E-state index in [0.717, 1.165) is 22.5 Å². The summed E-state index contributed by atoms with van der Waals surface area (Å²) in [4.78, 5) is 20.4. The van der Waals surface area contributed by atoms with Crippen molar-refractivity contribution in [3.8, 4) is 11.3 Å². The van der Waals surface area contributed by atoms with E-state index in [0.29, 0.717) is 5.56 Å². The second-order valence-corrected chi connectivity index (χ2v) is 4.99. The maximum Gasteiger partial charge on any atom is 0.255 e. The number of carbonyl (C=O) groups excluding carboxylic acids is 1. The van der Waals surface area contributed by atoms with Gasteiger partial charge in [0.05, 0.1) is 5.69 Å². The molecule has 0 radical (unpaired) electrons. The van der Waals surface area contributed by atoms with E-state index in [1.807, 2.05) is 31.2 Å². The average molecular weight is 289 g/mol. The van der Waals surface area contributed by atoms with Gasteiger partial charge in [-0.25, -0.2) is 0 Å². The summed E-state index contributed by atoms with van der Waals surface area (Å²) in [6.07, 6.45) is 5.07. The number of nitrogens with one attached hydrogen (secondary N) is 1. The lowest BCUT2D eigenvalue weighted by molar-refractivity contribution is 0.102. The van der Waals surface area contributed by atoms with Crippen LogP contribution in [0.2, 0.25) is 0 Å². The number of aryl methyl sites for hydroxylation is 1. The molecule has 0 spiro atoms. The molecule has 1 amide bonds. The molecular formula is C18H15N3O. The highest BCUT2D eigenvalue weighted by molar-refractivity contribution is 6.04. The predicted octanol–water partition coefficient (Wildman–Crippen LogP) is 3.70. The summed E-state index contributed by atoms with van der Waals surface area (Å²) in [6.45, 7) is 2.03. The van der Waals surface area contributed by atoms with Gasteiger partial charge in [-0.15, -0.1) is 0 Å². The van der Waals surface area contributed by atoms with E-state index in [-0.39, 0.29) is 5.91 Å². The van der Waals surface area contributed by atoms with Crippen LogP contribution in [0.4, 0.5) is 5.69 Å². The first-order valence-electron chi connectivity index (χ1n) is 6.97. The lowest BCUT2D eigenvalue weighted by Gasteiger charge is -2.06. The van der Waals surface area contributed by atoms with Crippen LogP contribution in [-0.4, -0.2) is 15.9 Å². The first kappa shape index (κ1) is 13.9. The minimum atomic E-state index is -0.144. The summed E-state index contributed by atoms with van der Waals surface area (Å²) in [7, 11) is 0. The van der Waals surface area contributed by atoms with Gasteiger partial charge in [0, 0.05) is 35.4 Å². The molecule has 0 aliphatic rings. The average Bonchev–Trinajstić information content (AvgIpc) is 2.56. The first-order valence-corrected chi connectivity index (χ1v) is 6.97. The number of hydrogen-bond acceptors (Lipinski definition) is 3. The number of rotatable bonds is 3. The van der Waals surface area contributed by atoms with Crippen molar-refractivity contribution >= 4 is 11.6 Å². The monoisotopic (exact) mass is 289 g/mol. The molecule has 0 saturated carbocycles. The van der Waals surface area contributed by atoms with E-state index in [4.69, 9.17) is 0 Å². The first-order chi connectivity index (χ1) is 10.7. The van der Waals surface area contributed by atoms with Crippen molar-refractivity contribution < 1.29 is 4.79 Å². The van der Waals surface area contributed by atoms with Gasteiger partial charge in [-0.3, -0.25) is 14.8 Å². The topological polar surface area (TPSA) is 54.9 Å². The largest absolute Gasteiger partial charge is 0.322 e. The minimum absolute atomic E-state index is 0.144. The van der Waals surface area contributed by atoms with Gasteiger partial charge in [-0.05, 0) is 48.9 Å². The van der Waals surface area contributed by atoms with E-state index in [1.165, 1.54) is 0 Å². The molecule has 0 aliphatic heterocycles. The van der Waals surface area contributed by atoms with E-state index in [9.17, 15) is 4.79 Å². The smallest absolute Gasteiger partial charge is 0.255 e. The fraction of sp³-hybridized carbons (Fsp3) is 0.0556. The summed E-state index contributed by atoms with van der Waals surface area (Å²) < 4.78 is 0. The number of anilines is 1. The fourth-order valence-electron chi connectivity index (χ4n) is 2.12. The Morgan fingerprint density at radius 1 is 0.955 bits per heavy atom. The molecule has 4 heteroatoms. The predicted molar refractivity (Wildman–Crippen MR) is 86.6 cm³/mol. The summed E-state index contributed by atoms with van der Waals surface area (Å²) >= 11 is 0. The summed E-state index contributed by atoms with van der Waals surface area (Å²) in [5.74, 6) is -0.144. The SMILES string of the molecule is Cc1ccnc(-c2ccc(C(=O)Nc3ccncc3)cc2)c1. The van der Waals surface area contributed by atoms with Gasteiger partial charge >= 0.3 is 0 Å². The Kier molecular flexibility index (Phi) is 3.92. The molecule has 0 fully saturated rings. The van der Waals surface area contributed by atoms with Crippen LogP contribution < -0.4 is 5.32 Å². The van der Waals surface area contributed by atoms with Gasteiger partial charge in [0.2, 0.25) is 0 Å². The maximum absolute atomic E-state index is 12.2. The summed E-state index contributed by atoms with van der Waals surface area (Å²) in [6, 6.07) is 14.9. The van der Waals surface area contributed by atoms with E-state index < -0.39 is 0 Å². The number of aromatic nitrogens is 2. The van der Waals surface area contributed by atoms with E-state index in [1.54, 1.807) is 42.9 Å². The molecule has 0 atom stereocenters. The third-order valence-corrected chi connectivity index (χ3v) is 3.30. The molecule has 4 nitrogen and oxygen atoms in total. The van der Waals surface area contributed by atoms with Gasteiger partial charge in [0.15, 0.2) is 0 Å². The molecule has 0 unspecified atom stereocenters. The highest BCUT2D eigenvalue weighted by Gasteiger charge is 2.07. The number of nitrogens with zero attached hydrogens (tertiary/aromatic N) is 2. The van der Waals surface area contributed by atoms with Crippen molar-refractivity contribution in [1.82, 2.24) is 9.97 Å². The van der Waals surface area contributed by atoms with Crippen LogP contribution in [0.5, 0.6) is 0 Å². The molecule has 1 N–H and O–H groups in total. The quantitative estimate of drug-likeness (QED) is 0.799. The highest BCUT2D eigenvalue weighted by atomic mass is 16.1. The zero-order valence-electron chi connectivity index (χ0n) is 12.2. The molecule has 22 heavy (non-hydrogen) atoms. The minimum Gasteiger partial charge on any atom is -0.322 e. The van der Waals surface area contributed by atoms with Crippen molar-refractivity contribution in [2.45, 2.75) is 6.92 Å². The fourth-order valence-corrected chi connectivity index (χ4v) is 2.12. The Hall–Kier alpha value is -3.01. The van der Waals surface area contributed by atoms with Crippen LogP contribution in [0, 0.1) is 6.92 Å². The molecule has 3 rings (SSSR count). The van der Waals surface area contributed by atoms with Crippen LogP contribution in [0.25, 0.3) is 11.3 Å². The third-order valence-electron chi connectivity index (χ3n) is 3.30. The van der Waals surface area contributed by atoms with Crippen molar-refractivity contribution in [3.05, 3.63) is 78.2 Å². The van der Waals surface area contributed by atoms with Gasteiger partial charge in [0.25, 0.3) is 5.91 Å². The molecule has 0 saturated heterocycles. The van der Waals surface area contributed by atoms with Crippen molar-refractivity contribution in [2.75, 3.05) is 5.32 Å². The Bertz CT molecular complexity index is 783. The Labute approximate surface area is 128 Å². The number of benzene rings is 1. The molecular weight excluding hydrogens is 274 g/mol. The van der Waals surface area contributed by atoms with Crippen LogP contribution in [0.3, 0.4) is 0 Å². The van der Waals surface area contributed by atoms with Gasteiger partial charge in [0.1, 0.15) is 0 Å². The second kappa shape index (κ2) is 6.18. The number of carbonyl (C=O) groups is 1.